The third kappa shape index (κ3) is 4.59. The van der Waals surface area contributed by atoms with Gasteiger partial charge in [0.25, 0.3) is 0 Å². The summed E-state index contributed by atoms with van der Waals surface area (Å²) < 4.78 is 7.17. The predicted molar refractivity (Wildman–Crippen MR) is 236 cm³/mol. The molecule has 0 aromatic heterocycles. The molecule has 0 saturated heterocycles. The summed E-state index contributed by atoms with van der Waals surface area (Å²) in [5, 5.41) is 6.99. The zero-order valence-electron chi connectivity index (χ0n) is 31.1. The Bertz CT molecular complexity index is 3130. The number of rotatable bonds is 4. The topological polar surface area (TPSA) is 12.5 Å². The number of benzene rings is 10. The number of anilines is 3. The number of hydrogen-bond donors (Lipinski definition) is 0. The highest BCUT2D eigenvalue weighted by molar-refractivity contribution is 6.02. The van der Waals surface area contributed by atoms with Gasteiger partial charge < -0.3 is 9.64 Å². The van der Waals surface area contributed by atoms with Crippen LogP contribution in [0.5, 0.6) is 11.5 Å². The van der Waals surface area contributed by atoms with Crippen molar-refractivity contribution in [2.75, 3.05) is 4.90 Å². The molecule has 0 fully saturated rings. The fraction of sp³-hybridized carbons (Fsp3) is 0.0182. The first-order valence-electron chi connectivity index (χ1n) is 19.7. The van der Waals surface area contributed by atoms with Crippen LogP contribution >= 0.6 is 0 Å². The van der Waals surface area contributed by atoms with Gasteiger partial charge in [-0.1, -0.05) is 182 Å². The largest absolute Gasteiger partial charge is 0.455 e. The minimum Gasteiger partial charge on any atom is -0.455 e. The Morgan fingerprint density at radius 2 is 0.842 bits per heavy atom. The molecule has 2 nitrogen and oxygen atoms in total. The van der Waals surface area contributed by atoms with E-state index < -0.39 is 5.41 Å². The molecule has 0 amide bonds. The van der Waals surface area contributed by atoms with Gasteiger partial charge in [-0.15, -0.1) is 0 Å². The van der Waals surface area contributed by atoms with E-state index in [9.17, 15) is 0 Å². The van der Waals surface area contributed by atoms with Gasteiger partial charge in [0.05, 0.1) is 11.1 Å². The van der Waals surface area contributed by atoms with E-state index in [2.05, 4.69) is 217 Å². The Kier molecular flexibility index (Phi) is 6.88. The Labute approximate surface area is 331 Å². The molecule has 57 heavy (non-hydrogen) atoms. The van der Waals surface area contributed by atoms with Crippen molar-refractivity contribution < 1.29 is 4.74 Å². The molecule has 1 spiro atoms. The van der Waals surface area contributed by atoms with Gasteiger partial charge in [0, 0.05) is 38.7 Å². The third-order valence-corrected chi connectivity index (χ3v) is 12.3. The fourth-order valence-electron chi connectivity index (χ4n) is 9.80. The van der Waals surface area contributed by atoms with Crippen LogP contribution in [0.25, 0.3) is 54.6 Å². The lowest BCUT2D eigenvalue weighted by atomic mass is 9.65. The Morgan fingerprint density at radius 3 is 1.54 bits per heavy atom. The first-order chi connectivity index (χ1) is 28.3. The zero-order valence-corrected chi connectivity index (χ0v) is 31.1. The maximum absolute atomic E-state index is 7.17. The highest BCUT2D eigenvalue weighted by atomic mass is 16.5. The number of fused-ring (bicyclic) bond motifs is 14. The van der Waals surface area contributed by atoms with Crippen molar-refractivity contribution in [1.82, 2.24) is 0 Å². The van der Waals surface area contributed by atoms with Gasteiger partial charge in [0.15, 0.2) is 0 Å². The molecule has 0 atom stereocenters. The molecule has 0 unspecified atom stereocenters. The van der Waals surface area contributed by atoms with Crippen molar-refractivity contribution >= 4 is 49.4 Å². The van der Waals surface area contributed by atoms with Crippen LogP contribution in [0.4, 0.5) is 17.1 Å². The van der Waals surface area contributed by atoms with Gasteiger partial charge >= 0.3 is 0 Å². The van der Waals surface area contributed by atoms with Crippen LogP contribution in [-0.4, -0.2) is 0 Å². The van der Waals surface area contributed by atoms with Crippen molar-refractivity contribution in [3.63, 3.8) is 0 Å². The van der Waals surface area contributed by atoms with Crippen LogP contribution in [0.3, 0.4) is 0 Å². The molecule has 0 saturated carbocycles. The van der Waals surface area contributed by atoms with Gasteiger partial charge in [-0.25, -0.2) is 0 Å². The van der Waals surface area contributed by atoms with E-state index in [-0.39, 0.29) is 0 Å². The molecule has 266 valence electrons. The van der Waals surface area contributed by atoms with Gasteiger partial charge in [-0.2, -0.15) is 0 Å². The second-order valence-electron chi connectivity index (χ2n) is 15.2. The maximum Gasteiger partial charge on any atom is 0.140 e. The summed E-state index contributed by atoms with van der Waals surface area (Å²) >= 11 is 0. The second kappa shape index (κ2) is 12.3. The molecule has 0 N–H and O–H groups in total. The van der Waals surface area contributed by atoms with Crippen LogP contribution in [-0.2, 0) is 5.41 Å². The van der Waals surface area contributed by atoms with E-state index in [1.54, 1.807) is 0 Å². The van der Waals surface area contributed by atoms with Crippen LogP contribution in [0.1, 0.15) is 22.3 Å². The summed E-state index contributed by atoms with van der Waals surface area (Å²) in [7, 11) is 0. The molecule has 2 heteroatoms. The molecule has 10 aromatic rings. The van der Waals surface area contributed by atoms with Crippen molar-refractivity contribution in [2.24, 2.45) is 0 Å². The molecule has 12 rings (SSSR count). The number of hydrogen-bond acceptors (Lipinski definition) is 2. The van der Waals surface area contributed by atoms with Gasteiger partial charge in [-0.3, -0.25) is 0 Å². The lowest BCUT2D eigenvalue weighted by Gasteiger charge is -2.40. The maximum atomic E-state index is 7.17. The SMILES string of the molecule is c1ccc(-c2ccc(N(c3ccc4c(c3)-c3ccccc3C43c4ccc5ccccc5c4Oc4c3ccc3ccccc43)c3cccc4ccccc34)cc2)cc1. The van der Waals surface area contributed by atoms with Crippen molar-refractivity contribution in [2.45, 2.75) is 5.41 Å². The Balaban J connectivity index is 1.13. The van der Waals surface area contributed by atoms with Gasteiger partial charge in [0.2, 0.25) is 0 Å². The number of ether oxygens (including phenoxy) is 1. The fourth-order valence-corrected chi connectivity index (χ4v) is 9.80. The minimum atomic E-state index is -0.594. The van der Waals surface area contributed by atoms with E-state index in [1.807, 2.05) is 0 Å². The summed E-state index contributed by atoms with van der Waals surface area (Å²) in [4.78, 5) is 2.43. The first-order valence-corrected chi connectivity index (χ1v) is 19.7. The average Bonchev–Trinajstić information content (AvgIpc) is 3.57. The summed E-state index contributed by atoms with van der Waals surface area (Å²) in [6.45, 7) is 0. The smallest absolute Gasteiger partial charge is 0.140 e. The van der Waals surface area contributed by atoms with Crippen LogP contribution in [0.15, 0.2) is 212 Å². The molecular weight excluding hydrogens is 691 g/mol. The average molecular weight is 726 g/mol. The van der Waals surface area contributed by atoms with Gasteiger partial charge in [-0.05, 0) is 79.9 Å². The minimum absolute atomic E-state index is 0.594. The molecule has 10 aromatic carbocycles. The van der Waals surface area contributed by atoms with E-state index in [0.717, 1.165) is 39.3 Å². The monoisotopic (exact) mass is 725 g/mol. The summed E-state index contributed by atoms with van der Waals surface area (Å²) in [5.41, 5.74) is 12.5. The van der Waals surface area contributed by atoms with E-state index in [4.69, 9.17) is 4.74 Å². The quantitative estimate of drug-likeness (QED) is 0.179. The highest BCUT2D eigenvalue weighted by Gasteiger charge is 2.52. The van der Waals surface area contributed by atoms with E-state index in [0.29, 0.717) is 0 Å². The van der Waals surface area contributed by atoms with Crippen molar-refractivity contribution in [3.05, 3.63) is 235 Å². The standard InChI is InChI=1S/C55H35NO/c1-2-13-36(14-3-1)37-25-29-41(30-26-37)56(52-24-12-18-38-15-4-7-19-43(38)52)42-31-34-49-47(35-42)46-22-10-11-23-48(46)55(49)50-32-27-39-16-5-8-20-44(39)53(50)57-54-45-21-9-6-17-40(45)28-33-51(54)55/h1-35H. The Hall–Kier alpha value is -7.42. The molecule has 0 bridgehead atoms. The highest BCUT2D eigenvalue weighted by Crippen LogP contribution is 2.64. The Morgan fingerprint density at radius 1 is 0.333 bits per heavy atom. The van der Waals surface area contributed by atoms with Crippen LogP contribution in [0, 0.1) is 0 Å². The number of nitrogens with zero attached hydrogens (tertiary/aromatic N) is 1. The van der Waals surface area contributed by atoms with Gasteiger partial charge in [0.1, 0.15) is 11.5 Å². The molecule has 0 radical (unpaired) electrons. The molecular formula is C55H35NO. The summed E-state index contributed by atoms with van der Waals surface area (Å²) in [6, 6.07) is 77.5. The molecule has 1 aliphatic carbocycles. The lowest BCUT2D eigenvalue weighted by Crippen LogP contribution is -2.32. The second-order valence-corrected chi connectivity index (χ2v) is 15.2. The normalized spacial score (nSPS) is 13.2. The predicted octanol–water partition coefficient (Wildman–Crippen LogP) is 14.8. The van der Waals surface area contributed by atoms with E-state index in [1.165, 1.54) is 66.1 Å². The summed E-state index contributed by atoms with van der Waals surface area (Å²) in [6.07, 6.45) is 0. The molecule has 2 aliphatic rings. The van der Waals surface area contributed by atoms with Crippen molar-refractivity contribution in [1.29, 1.82) is 0 Å². The van der Waals surface area contributed by atoms with Crippen LogP contribution < -0.4 is 9.64 Å². The summed E-state index contributed by atoms with van der Waals surface area (Å²) in [5.74, 6) is 1.86. The molecule has 1 heterocycles. The van der Waals surface area contributed by atoms with Crippen LogP contribution in [0.2, 0.25) is 0 Å². The van der Waals surface area contributed by atoms with E-state index >= 15 is 0 Å². The molecule has 1 aliphatic heterocycles. The first kappa shape index (κ1) is 31.9. The zero-order chi connectivity index (χ0) is 37.5. The lowest BCUT2D eigenvalue weighted by molar-refractivity contribution is 0.447. The third-order valence-electron chi connectivity index (χ3n) is 12.3. The van der Waals surface area contributed by atoms with Crippen molar-refractivity contribution in [3.8, 4) is 33.8 Å².